The molecule has 8 nitrogen and oxygen atoms in total. The van der Waals surface area contributed by atoms with Crippen LogP contribution in [-0.2, 0) is 24.2 Å². The van der Waals surface area contributed by atoms with Gasteiger partial charge in [0, 0.05) is 12.7 Å². The molecule has 0 bridgehead atoms. The van der Waals surface area contributed by atoms with E-state index in [0.29, 0.717) is 0 Å². The maximum absolute atomic E-state index is 11.2. The van der Waals surface area contributed by atoms with E-state index in [9.17, 15) is 22.8 Å². The van der Waals surface area contributed by atoms with Crippen LogP contribution in [0.4, 0.5) is 0 Å². The Kier molecular flexibility index (Phi) is 5.59. The fourth-order valence-electron chi connectivity index (χ4n) is 0.946. The van der Waals surface area contributed by atoms with Gasteiger partial charge in [-0.1, -0.05) is 0 Å². The number of carbonyl (C=O) groups excluding carboxylic acids is 2. The Morgan fingerprint density at radius 3 is 2.24 bits per heavy atom. The number of hydrogen-bond acceptors (Lipinski definition) is 5. The van der Waals surface area contributed by atoms with Crippen LogP contribution in [0.1, 0.15) is 12.8 Å². The summed E-state index contributed by atoms with van der Waals surface area (Å²) in [6.45, 7) is 0. The Hall–Kier alpha value is -1.64. The van der Waals surface area contributed by atoms with Gasteiger partial charge in [-0.25, -0.2) is 13.2 Å². The normalized spacial score (nSPS) is 12.8. The molecule has 2 amide bonds. The predicted octanol–water partition coefficient (Wildman–Crippen LogP) is -2.13. The van der Waals surface area contributed by atoms with Crippen LogP contribution >= 0.6 is 0 Å². The molecule has 0 aromatic heterocycles. The summed E-state index contributed by atoms with van der Waals surface area (Å²) < 4.78 is 21.5. The van der Waals surface area contributed by atoms with Crippen molar-refractivity contribution in [3.8, 4) is 0 Å². The second-order valence-corrected chi connectivity index (χ2v) is 5.77. The molecule has 0 saturated carbocycles. The van der Waals surface area contributed by atoms with Crippen LogP contribution in [0.2, 0.25) is 0 Å². The first-order valence-electron chi connectivity index (χ1n) is 4.60. The quantitative estimate of drug-likeness (QED) is 0.480. The van der Waals surface area contributed by atoms with Crippen molar-refractivity contribution in [2.45, 2.75) is 18.9 Å². The molecule has 0 fully saturated rings. The first-order valence-corrected chi connectivity index (χ1v) is 6.66. The minimum Gasteiger partial charge on any atom is -0.480 e. The van der Waals surface area contributed by atoms with Gasteiger partial charge in [-0.2, -0.15) is 0 Å². The summed E-state index contributed by atoms with van der Waals surface area (Å²) in [7, 11) is -3.30. The number of hydrogen-bond donors (Lipinski definition) is 3. The van der Waals surface area contributed by atoms with Crippen molar-refractivity contribution < 1.29 is 27.9 Å². The summed E-state index contributed by atoms with van der Waals surface area (Å²) in [5, 5.41) is 10.7. The summed E-state index contributed by atoms with van der Waals surface area (Å²) >= 11 is 0. The van der Waals surface area contributed by atoms with Gasteiger partial charge in [0.2, 0.25) is 11.8 Å². The maximum Gasteiger partial charge on any atom is 0.326 e. The molecule has 0 spiro atoms. The standard InChI is InChI=1S/C8H14N2O6S/c1-17(15,16)3-2-7(12)10-5(8(13)14)4-6(9)11/h5H,2-4H2,1H3,(H2,9,11)(H,10,12)(H,13,14)/t5-/m0/s1. The van der Waals surface area contributed by atoms with Crippen molar-refractivity contribution in [2.75, 3.05) is 12.0 Å². The number of carbonyl (C=O) groups is 3. The summed E-state index contributed by atoms with van der Waals surface area (Å²) in [4.78, 5) is 32.4. The fraction of sp³-hybridized carbons (Fsp3) is 0.625. The lowest BCUT2D eigenvalue weighted by Crippen LogP contribution is -2.43. The molecular weight excluding hydrogens is 252 g/mol. The number of nitrogens with one attached hydrogen (secondary N) is 1. The van der Waals surface area contributed by atoms with Crippen molar-refractivity contribution in [3.63, 3.8) is 0 Å². The topological polar surface area (TPSA) is 144 Å². The molecule has 9 heteroatoms. The third-order valence-electron chi connectivity index (χ3n) is 1.74. The Bertz CT molecular complexity index is 416. The third kappa shape index (κ3) is 8.20. The molecule has 17 heavy (non-hydrogen) atoms. The second-order valence-electron chi connectivity index (χ2n) is 3.51. The lowest BCUT2D eigenvalue weighted by atomic mass is 10.2. The van der Waals surface area contributed by atoms with Gasteiger partial charge < -0.3 is 16.2 Å². The van der Waals surface area contributed by atoms with E-state index in [0.717, 1.165) is 6.26 Å². The smallest absolute Gasteiger partial charge is 0.326 e. The first-order chi connectivity index (χ1) is 7.61. The van der Waals surface area contributed by atoms with Gasteiger partial charge in [0.25, 0.3) is 0 Å². The van der Waals surface area contributed by atoms with E-state index in [1.807, 2.05) is 5.32 Å². The van der Waals surface area contributed by atoms with Crippen LogP contribution in [0.15, 0.2) is 0 Å². The van der Waals surface area contributed by atoms with Crippen LogP contribution in [0.5, 0.6) is 0 Å². The molecular formula is C8H14N2O6S. The Balaban J connectivity index is 4.32. The average molecular weight is 266 g/mol. The van der Waals surface area contributed by atoms with Gasteiger partial charge >= 0.3 is 5.97 Å². The van der Waals surface area contributed by atoms with E-state index in [4.69, 9.17) is 10.8 Å². The zero-order chi connectivity index (χ0) is 13.6. The van der Waals surface area contributed by atoms with E-state index >= 15 is 0 Å². The van der Waals surface area contributed by atoms with Gasteiger partial charge in [-0.15, -0.1) is 0 Å². The summed E-state index contributed by atoms with van der Waals surface area (Å²) in [5.41, 5.74) is 4.80. The van der Waals surface area contributed by atoms with Gasteiger partial charge in [-0.3, -0.25) is 9.59 Å². The molecule has 0 aliphatic carbocycles. The minimum absolute atomic E-state index is 0.360. The van der Waals surface area contributed by atoms with Crippen LogP contribution in [0, 0.1) is 0 Å². The molecule has 4 N–H and O–H groups in total. The Labute approximate surface area is 98.1 Å². The number of rotatable bonds is 7. The molecule has 0 heterocycles. The van der Waals surface area contributed by atoms with E-state index in [1.54, 1.807) is 0 Å². The molecule has 0 aromatic rings. The molecule has 0 aromatic carbocycles. The zero-order valence-electron chi connectivity index (χ0n) is 9.17. The molecule has 0 unspecified atom stereocenters. The van der Waals surface area contributed by atoms with Crippen molar-refractivity contribution in [1.29, 1.82) is 0 Å². The van der Waals surface area contributed by atoms with Gasteiger partial charge in [0.15, 0.2) is 0 Å². The van der Waals surface area contributed by atoms with E-state index in [2.05, 4.69) is 0 Å². The molecule has 0 saturated heterocycles. The number of nitrogens with two attached hydrogens (primary N) is 1. The van der Waals surface area contributed by atoms with Crippen LogP contribution in [0.3, 0.4) is 0 Å². The second kappa shape index (κ2) is 6.18. The molecule has 98 valence electrons. The number of carboxylic acids is 1. The molecule has 1 atom stereocenters. The zero-order valence-corrected chi connectivity index (χ0v) is 9.99. The highest BCUT2D eigenvalue weighted by atomic mass is 32.2. The van der Waals surface area contributed by atoms with E-state index in [1.165, 1.54) is 0 Å². The van der Waals surface area contributed by atoms with Crippen molar-refractivity contribution >= 4 is 27.6 Å². The van der Waals surface area contributed by atoms with E-state index < -0.39 is 40.1 Å². The third-order valence-corrected chi connectivity index (χ3v) is 2.68. The number of primary amides is 1. The molecule has 0 radical (unpaired) electrons. The maximum atomic E-state index is 11.2. The van der Waals surface area contributed by atoms with E-state index in [-0.39, 0.29) is 12.2 Å². The highest BCUT2D eigenvalue weighted by Crippen LogP contribution is 1.95. The largest absolute Gasteiger partial charge is 0.480 e. The molecule has 0 rings (SSSR count). The Morgan fingerprint density at radius 2 is 1.88 bits per heavy atom. The lowest BCUT2D eigenvalue weighted by molar-refractivity contribution is -0.143. The van der Waals surface area contributed by atoms with Crippen LogP contribution in [0.25, 0.3) is 0 Å². The minimum atomic E-state index is -3.30. The first kappa shape index (κ1) is 15.4. The lowest BCUT2D eigenvalue weighted by Gasteiger charge is -2.12. The number of amides is 2. The highest BCUT2D eigenvalue weighted by Gasteiger charge is 2.22. The molecule has 0 aliphatic heterocycles. The van der Waals surface area contributed by atoms with Crippen molar-refractivity contribution in [1.82, 2.24) is 5.32 Å². The highest BCUT2D eigenvalue weighted by molar-refractivity contribution is 7.90. The van der Waals surface area contributed by atoms with Gasteiger partial charge in [-0.05, 0) is 0 Å². The van der Waals surface area contributed by atoms with Crippen molar-refractivity contribution in [2.24, 2.45) is 5.73 Å². The predicted molar refractivity (Wildman–Crippen MR) is 57.7 cm³/mol. The Morgan fingerprint density at radius 1 is 1.35 bits per heavy atom. The van der Waals surface area contributed by atoms with Gasteiger partial charge in [0.1, 0.15) is 15.9 Å². The van der Waals surface area contributed by atoms with Crippen LogP contribution < -0.4 is 11.1 Å². The molecule has 0 aliphatic rings. The summed E-state index contributed by atoms with van der Waals surface area (Å²) in [6.07, 6.45) is 0.0552. The summed E-state index contributed by atoms with van der Waals surface area (Å²) in [5.74, 6) is -3.43. The monoisotopic (exact) mass is 266 g/mol. The number of aliphatic carboxylic acids is 1. The SMILES string of the molecule is CS(=O)(=O)CCC(=O)N[C@@H](CC(N)=O)C(=O)O. The van der Waals surface area contributed by atoms with Crippen molar-refractivity contribution in [3.05, 3.63) is 0 Å². The summed E-state index contributed by atoms with van der Waals surface area (Å²) in [6, 6.07) is -1.43. The number of sulfone groups is 1. The number of carboxylic acid groups (broad SMARTS) is 1. The van der Waals surface area contributed by atoms with Gasteiger partial charge in [0.05, 0.1) is 12.2 Å². The van der Waals surface area contributed by atoms with Crippen LogP contribution in [-0.4, -0.2) is 49.4 Å². The fourth-order valence-corrected chi connectivity index (χ4v) is 1.50. The average Bonchev–Trinajstić information content (AvgIpc) is 2.11.